The van der Waals surface area contributed by atoms with Crippen LogP contribution >= 0.6 is 11.6 Å². The summed E-state index contributed by atoms with van der Waals surface area (Å²) in [7, 11) is 0. The number of nitrogens with two attached hydrogens (primary N) is 1. The number of nitrogens with zero attached hydrogens (tertiary/aromatic N) is 2. The number of hydrogen-bond donors (Lipinski definition) is 2. The van der Waals surface area contributed by atoms with Crippen LogP contribution in [0.2, 0.25) is 5.02 Å². The third-order valence-electron chi connectivity index (χ3n) is 2.93. The third kappa shape index (κ3) is 3.45. The van der Waals surface area contributed by atoms with E-state index in [4.69, 9.17) is 22.2 Å². The predicted octanol–water partition coefficient (Wildman–Crippen LogP) is 2.27. The van der Waals surface area contributed by atoms with E-state index >= 15 is 0 Å². The first-order valence-corrected chi connectivity index (χ1v) is 6.86. The number of hydrazine groups is 1. The third-order valence-corrected chi connectivity index (χ3v) is 3.22. The van der Waals surface area contributed by atoms with Crippen LogP contribution < -0.4 is 11.3 Å². The molecule has 0 amide bonds. The van der Waals surface area contributed by atoms with Crippen molar-refractivity contribution in [3.8, 4) is 0 Å². The van der Waals surface area contributed by atoms with E-state index in [9.17, 15) is 0 Å². The molecule has 1 rings (SSSR count). The fraction of sp³-hybridized carbons (Fsp3) is 0.750. The maximum atomic E-state index is 6.21. The van der Waals surface area contributed by atoms with Crippen molar-refractivity contribution >= 4 is 11.6 Å². The molecule has 6 heteroatoms. The number of hydrogen-bond acceptors (Lipinski definition) is 4. The summed E-state index contributed by atoms with van der Waals surface area (Å²) < 4.78 is 7.63. The maximum Gasteiger partial charge on any atom is 0.0905 e. The van der Waals surface area contributed by atoms with Crippen molar-refractivity contribution in [2.24, 2.45) is 5.84 Å². The molecule has 0 aromatic carbocycles. The molecule has 0 aliphatic rings. The summed E-state index contributed by atoms with van der Waals surface area (Å²) >= 11 is 6.21. The van der Waals surface area contributed by atoms with Crippen molar-refractivity contribution in [3.63, 3.8) is 0 Å². The second-order valence-electron chi connectivity index (χ2n) is 4.12. The Hall–Kier alpha value is -0.620. The lowest BCUT2D eigenvalue weighted by Gasteiger charge is -2.27. The summed E-state index contributed by atoms with van der Waals surface area (Å²) in [5, 5.41) is 4.86. The van der Waals surface area contributed by atoms with Crippen LogP contribution in [0.25, 0.3) is 0 Å². The molecule has 0 spiro atoms. The molecule has 3 N–H and O–H groups in total. The van der Waals surface area contributed by atoms with Gasteiger partial charge in [-0.2, -0.15) is 5.10 Å². The lowest BCUT2D eigenvalue weighted by Crippen LogP contribution is -2.39. The van der Waals surface area contributed by atoms with E-state index in [1.165, 1.54) is 0 Å². The first-order valence-electron chi connectivity index (χ1n) is 6.48. The van der Waals surface area contributed by atoms with E-state index in [2.05, 4.69) is 17.4 Å². The zero-order chi connectivity index (χ0) is 13.5. The van der Waals surface area contributed by atoms with Gasteiger partial charge in [-0.1, -0.05) is 24.9 Å². The van der Waals surface area contributed by atoms with E-state index < -0.39 is 0 Å². The minimum Gasteiger partial charge on any atom is -0.376 e. The molecule has 5 nitrogen and oxygen atoms in total. The molecule has 0 bridgehead atoms. The van der Waals surface area contributed by atoms with Gasteiger partial charge in [0.25, 0.3) is 0 Å². The molecule has 0 fully saturated rings. The Labute approximate surface area is 114 Å². The van der Waals surface area contributed by atoms with Crippen molar-refractivity contribution in [3.05, 3.63) is 16.9 Å². The number of nitrogens with one attached hydrogen (secondary N) is 1. The van der Waals surface area contributed by atoms with Gasteiger partial charge < -0.3 is 4.74 Å². The minimum atomic E-state index is -0.139. The topological polar surface area (TPSA) is 65.1 Å². The molecule has 2 unspecified atom stereocenters. The van der Waals surface area contributed by atoms with Crippen molar-refractivity contribution in [2.45, 2.75) is 52.3 Å². The van der Waals surface area contributed by atoms with Crippen LogP contribution in [0.15, 0.2) is 6.20 Å². The molecule has 0 radical (unpaired) electrons. The largest absolute Gasteiger partial charge is 0.376 e. The van der Waals surface area contributed by atoms with Crippen LogP contribution in [-0.2, 0) is 11.3 Å². The lowest BCUT2D eigenvalue weighted by molar-refractivity contribution is 0.0254. The first kappa shape index (κ1) is 15.4. The second kappa shape index (κ2) is 7.74. The average Bonchev–Trinajstić information content (AvgIpc) is 2.73. The van der Waals surface area contributed by atoms with Gasteiger partial charge in [-0.3, -0.25) is 10.5 Å². The predicted molar refractivity (Wildman–Crippen MR) is 73.3 cm³/mol. The molecule has 2 atom stereocenters. The van der Waals surface area contributed by atoms with Gasteiger partial charge in [0.05, 0.1) is 29.1 Å². The zero-order valence-electron chi connectivity index (χ0n) is 11.3. The van der Waals surface area contributed by atoms with Crippen LogP contribution in [0.5, 0.6) is 0 Å². The summed E-state index contributed by atoms with van der Waals surface area (Å²) in [5.74, 6) is 5.69. The molecule has 0 saturated heterocycles. The fourth-order valence-corrected chi connectivity index (χ4v) is 2.40. The summed E-state index contributed by atoms with van der Waals surface area (Å²) in [4.78, 5) is 0. The van der Waals surface area contributed by atoms with Crippen LogP contribution in [0.1, 0.15) is 45.3 Å². The van der Waals surface area contributed by atoms with E-state index in [0.717, 1.165) is 25.1 Å². The van der Waals surface area contributed by atoms with Gasteiger partial charge >= 0.3 is 0 Å². The molecule has 18 heavy (non-hydrogen) atoms. The van der Waals surface area contributed by atoms with Gasteiger partial charge in [-0.15, -0.1) is 0 Å². The summed E-state index contributed by atoms with van der Waals surface area (Å²) in [6, 6.07) is -0.139. The van der Waals surface area contributed by atoms with Gasteiger partial charge in [-0.25, -0.2) is 5.43 Å². The zero-order valence-corrected chi connectivity index (χ0v) is 12.1. The second-order valence-corrected chi connectivity index (χ2v) is 4.53. The number of halogens is 1. The van der Waals surface area contributed by atoms with Gasteiger partial charge in [0, 0.05) is 13.2 Å². The highest BCUT2D eigenvalue weighted by molar-refractivity contribution is 6.31. The number of ether oxygens (including phenoxy) is 1. The summed E-state index contributed by atoms with van der Waals surface area (Å²) in [6.45, 7) is 7.54. The first-order chi connectivity index (χ1) is 8.69. The molecular formula is C12H23ClN4O. The highest BCUT2D eigenvalue weighted by atomic mass is 35.5. The highest BCUT2D eigenvalue weighted by Crippen LogP contribution is 2.28. The molecule has 0 saturated carbocycles. The standard InChI is InChI=1S/C12H23ClN4O/c1-4-7-10(18-6-3)11(16-14)12-9(13)8-15-17(12)5-2/h8,10-11,16H,4-7,14H2,1-3H3. The van der Waals surface area contributed by atoms with E-state index in [1.54, 1.807) is 6.20 Å². The van der Waals surface area contributed by atoms with Crippen LogP contribution in [0.3, 0.4) is 0 Å². The Morgan fingerprint density at radius 2 is 2.22 bits per heavy atom. The molecule has 0 aliphatic heterocycles. The molecule has 0 aliphatic carbocycles. The summed E-state index contributed by atoms with van der Waals surface area (Å²) in [6.07, 6.45) is 3.61. The monoisotopic (exact) mass is 274 g/mol. The van der Waals surface area contributed by atoms with E-state index in [1.807, 2.05) is 18.5 Å². The Balaban J connectivity index is 3.01. The number of aryl methyl sites for hydroxylation is 1. The molecule has 1 aromatic rings. The quantitative estimate of drug-likeness (QED) is 0.564. The highest BCUT2D eigenvalue weighted by Gasteiger charge is 2.27. The van der Waals surface area contributed by atoms with Gasteiger partial charge in [0.15, 0.2) is 0 Å². The lowest BCUT2D eigenvalue weighted by atomic mass is 10.0. The van der Waals surface area contributed by atoms with Crippen molar-refractivity contribution in [2.75, 3.05) is 6.61 Å². The Bertz CT molecular complexity index is 350. The number of aromatic nitrogens is 2. The van der Waals surface area contributed by atoms with Crippen LogP contribution in [0, 0.1) is 0 Å². The normalized spacial score (nSPS) is 14.7. The number of rotatable bonds is 8. The van der Waals surface area contributed by atoms with Gasteiger partial charge in [-0.05, 0) is 20.3 Å². The van der Waals surface area contributed by atoms with E-state index in [0.29, 0.717) is 11.6 Å². The average molecular weight is 275 g/mol. The van der Waals surface area contributed by atoms with Crippen molar-refractivity contribution < 1.29 is 4.74 Å². The molecule has 1 aromatic heterocycles. The Kier molecular flexibility index (Phi) is 6.63. The smallest absolute Gasteiger partial charge is 0.0905 e. The molecule has 104 valence electrons. The van der Waals surface area contributed by atoms with Gasteiger partial charge in [0.2, 0.25) is 0 Å². The van der Waals surface area contributed by atoms with Gasteiger partial charge in [0.1, 0.15) is 0 Å². The summed E-state index contributed by atoms with van der Waals surface area (Å²) in [5.41, 5.74) is 3.72. The van der Waals surface area contributed by atoms with Crippen molar-refractivity contribution in [1.82, 2.24) is 15.2 Å². The van der Waals surface area contributed by atoms with Crippen LogP contribution in [0.4, 0.5) is 0 Å². The van der Waals surface area contributed by atoms with Crippen molar-refractivity contribution in [1.29, 1.82) is 0 Å². The Morgan fingerprint density at radius 1 is 1.50 bits per heavy atom. The fourth-order valence-electron chi connectivity index (χ4n) is 2.14. The molecular weight excluding hydrogens is 252 g/mol. The maximum absolute atomic E-state index is 6.21. The molecule has 1 heterocycles. The minimum absolute atomic E-state index is 0.00417. The SMILES string of the molecule is CCCC(OCC)C(NN)c1c(Cl)cnn1CC. The Morgan fingerprint density at radius 3 is 2.72 bits per heavy atom. The van der Waals surface area contributed by atoms with E-state index in [-0.39, 0.29) is 12.1 Å². The van der Waals surface area contributed by atoms with Crippen LogP contribution in [-0.4, -0.2) is 22.5 Å².